The molecule has 4 heterocycles. The fraction of sp³-hybridized carbons (Fsp3) is 0.467. The molecule has 10 heteroatoms. The number of nitrogens with zero attached hydrogens (tertiary/aromatic N) is 4. The van der Waals surface area contributed by atoms with Crippen LogP contribution in [0.3, 0.4) is 0 Å². The van der Waals surface area contributed by atoms with Gasteiger partial charge in [-0.05, 0) is 19.4 Å². The highest BCUT2D eigenvalue weighted by Gasteiger charge is 2.29. The summed E-state index contributed by atoms with van der Waals surface area (Å²) in [6, 6.07) is 1.76. The van der Waals surface area contributed by atoms with Crippen LogP contribution >= 0.6 is 0 Å². The monoisotopic (exact) mass is 364 g/mol. The van der Waals surface area contributed by atoms with Crippen molar-refractivity contribution in [1.29, 1.82) is 0 Å². The lowest BCUT2D eigenvalue weighted by molar-refractivity contribution is 0.184. The minimum atomic E-state index is -3.26. The van der Waals surface area contributed by atoms with Crippen molar-refractivity contribution in [2.75, 3.05) is 24.4 Å². The highest BCUT2D eigenvalue weighted by molar-refractivity contribution is 7.88. The molecule has 0 aliphatic carbocycles. The van der Waals surface area contributed by atoms with Crippen molar-refractivity contribution in [3.63, 3.8) is 0 Å². The Labute approximate surface area is 144 Å². The number of aromatic amines is 1. The number of imidazole rings is 1. The molecule has 3 aromatic rings. The average molecular weight is 364 g/mol. The van der Waals surface area contributed by atoms with Gasteiger partial charge in [0.15, 0.2) is 5.82 Å². The van der Waals surface area contributed by atoms with Gasteiger partial charge in [-0.1, -0.05) is 0 Å². The molecule has 1 aliphatic heterocycles. The predicted molar refractivity (Wildman–Crippen MR) is 94.4 cm³/mol. The molecule has 25 heavy (non-hydrogen) atoms. The fourth-order valence-electron chi connectivity index (χ4n) is 3.45. The van der Waals surface area contributed by atoms with Crippen LogP contribution in [0.1, 0.15) is 25.3 Å². The molecule has 9 nitrogen and oxygen atoms in total. The van der Waals surface area contributed by atoms with E-state index in [2.05, 4.69) is 19.7 Å². The zero-order chi connectivity index (χ0) is 17.8. The first kappa shape index (κ1) is 16.3. The third-order valence-electron chi connectivity index (χ3n) is 4.41. The third kappa shape index (κ3) is 2.86. The zero-order valence-corrected chi connectivity index (χ0v) is 14.8. The van der Waals surface area contributed by atoms with E-state index >= 15 is 0 Å². The standard InChI is InChI=1S/C15H20N6O3S/c1-9(22)15-18-12-7-17-14-11(3-5-16-14)13(12)21(15)20-6-4-10(8-20)19-25(2,23)24/h3,5,7,9-10,19,22H,4,6,8H2,1-2H3,(H,16,17)/t9-,10?/m1/s1. The van der Waals surface area contributed by atoms with E-state index in [-0.39, 0.29) is 6.04 Å². The molecule has 0 aromatic carbocycles. The summed E-state index contributed by atoms with van der Waals surface area (Å²) >= 11 is 0. The molecule has 3 aromatic heterocycles. The van der Waals surface area contributed by atoms with E-state index in [1.807, 2.05) is 21.9 Å². The summed E-state index contributed by atoms with van der Waals surface area (Å²) < 4.78 is 27.6. The number of pyridine rings is 1. The quantitative estimate of drug-likeness (QED) is 0.610. The van der Waals surface area contributed by atoms with Crippen LogP contribution in [-0.2, 0) is 10.0 Å². The SMILES string of the molecule is C[C@@H](O)c1nc2cnc3[nH]ccc3c2n1N1CCC(NS(C)(=O)=O)C1. The number of hydrogen-bond acceptors (Lipinski definition) is 6. The van der Waals surface area contributed by atoms with E-state index in [0.29, 0.717) is 30.9 Å². The van der Waals surface area contributed by atoms with Gasteiger partial charge < -0.3 is 15.1 Å². The van der Waals surface area contributed by atoms with Crippen LogP contribution in [-0.4, -0.2) is 58.5 Å². The highest BCUT2D eigenvalue weighted by atomic mass is 32.2. The van der Waals surface area contributed by atoms with Gasteiger partial charge in [-0.2, -0.15) is 0 Å². The topological polar surface area (TPSA) is 116 Å². The molecule has 134 valence electrons. The van der Waals surface area contributed by atoms with E-state index in [1.165, 1.54) is 6.26 Å². The highest BCUT2D eigenvalue weighted by Crippen LogP contribution is 2.28. The molecule has 1 saturated heterocycles. The van der Waals surface area contributed by atoms with Gasteiger partial charge in [0.05, 0.1) is 19.0 Å². The largest absolute Gasteiger partial charge is 0.385 e. The smallest absolute Gasteiger partial charge is 0.209 e. The van der Waals surface area contributed by atoms with Crippen molar-refractivity contribution in [3.8, 4) is 0 Å². The maximum absolute atomic E-state index is 11.5. The third-order valence-corrected chi connectivity index (χ3v) is 5.17. The van der Waals surface area contributed by atoms with Gasteiger partial charge in [-0.25, -0.2) is 27.8 Å². The minimum absolute atomic E-state index is 0.169. The van der Waals surface area contributed by atoms with E-state index in [1.54, 1.807) is 13.1 Å². The number of nitrogens with one attached hydrogen (secondary N) is 2. The Balaban J connectivity index is 1.83. The van der Waals surface area contributed by atoms with E-state index in [0.717, 1.165) is 16.6 Å². The van der Waals surface area contributed by atoms with Crippen LogP contribution in [0.15, 0.2) is 18.5 Å². The van der Waals surface area contributed by atoms with Crippen LogP contribution in [0.5, 0.6) is 0 Å². The van der Waals surface area contributed by atoms with Crippen molar-refractivity contribution in [1.82, 2.24) is 24.4 Å². The van der Waals surface area contributed by atoms with Crippen LogP contribution in [0, 0.1) is 0 Å². The molecule has 1 fully saturated rings. The van der Waals surface area contributed by atoms with Crippen molar-refractivity contribution in [2.45, 2.75) is 25.5 Å². The van der Waals surface area contributed by atoms with Crippen molar-refractivity contribution >= 4 is 32.1 Å². The lowest BCUT2D eigenvalue weighted by Crippen LogP contribution is -2.40. The maximum Gasteiger partial charge on any atom is 0.209 e. The molecule has 0 radical (unpaired) electrons. The van der Waals surface area contributed by atoms with Gasteiger partial charge in [0.25, 0.3) is 0 Å². The minimum Gasteiger partial charge on any atom is -0.385 e. The molecule has 0 bridgehead atoms. The number of hydrogen-bond donors (Lipinski definition) is 3. The Hall–Kier alpha value is -2.17. The maximum atomic E-state index is 11.5. The number of aliphatic hydroxyl groups is 1. The van der Waals surface area contributed by atoms with Crippen molar-refractivity contribution in [2.24, 2.45) is 0 Å². The molecule has 3 N–H and O–H groups in total. The zero-order valence-electron chi connectivity index (χ0n) is 14.0. The first-order valence-electron chi connectivity index (χ1n) is 8.08. The molecule has 2 atom stereocenters. The summed E-state index contributed by atoms with van der Waals surface area (Å²) in [4.78, 5) is 12.0. The number of rotatable bonds is 4. The normalized spacial score (nSPS) is 20.0. The summed E-state index contributed by atoms with van der Waals surface area (Å²) in [6.07, 6.45) is 4.59. The van der Waals surface area contributed by atoms with Crippen molar-refractivity contribution in [3.05, 3.63) is 24.3 Å². The fourth-order valence-corrected chi connectivity index (χ4v) is 4.25. The first-order valence-corrected chi connectivity index (χ1v) is 9.97. The molecule has 4 rings (SSSR count). The average Bonchev–Trinajstić information content (AvgIpc) is 3.20. The van der Waals surface area contributed by atoms with Crippen LogP contribution < -0.4 is 9.73 Å². The lowest BCUT2D eigenvalue weighted by Gasteiger charge is -2.24. The second-order valence-corrected chi connectivity index (χ2v) is 8.26. The molecule has 1 unspecified atom stereocenters. The van der Waals surface area contributed by atoms with Gasteiger partial charge in [0.2, 0.25) is 10.0 Å². The van der Waals surface area contributed by atoms with E-state index in [4.69, 9.17) is 0 Å². The summed E-state index contributed by atoms with van der Waals surface area (Å²) in [5.41, 5.74) is 2.31. The van der Waals surface area contributed by atoms with Gasteiger partial charge in [-0.15, -0.1) is 0 Å². The summed E-state index contributed by atoms with van der Waals surface area (Å²) in [6.45, 7) is 2.83. The van der Waals surface area contributed by atoms with Crippen LogP contribution in [0.4, 0.5) is 0 Å². The molecular formula is C15H20N6O3S. The van der Waals surface area contributed by atoms with Crippen molar-refractivity contribution < 1.29 is 13.5 Å². The van der Waals surface area contributed by atoms with Gasteiger partial charge in [0, 0.05) is 24.2 Å². The van der Waals surface area contributed by atoms with Gasteiger partial charge in [0.1, 0.15) is 22.8 Å². The second-order valence-electron chi connectivity index (χ2n) is 6.48. The Morgan fingerprint density at radius 1 is 1.48 bits per heavy atom. The molecule has 0 spiro atoms. The van der Waals surface area contributed by atoms with E-state index < -0.39 is 16.1 Å². The Bertz CT molecular complexity index is 1040. The van der Waals surface area contributed by atoms with Crippen LogP contribution in [0.2, 0.25) is 0 Å². The molecule has 0 saturated carbocycles. The number of aliphatic hydroxyl groups excluding tert-OH is 1. The Morgan fingerprint density at radius 3 is 3.00 bits per heavy atom. The molecule has 1 aliphatic rings. The van der Waals surface area contributed by atoms with E-state index in [9.17, 15) is 13.5 Å². The summed E-state index contributed by atoms with van der Waals surface area (Å²) in [7, 11) is -3.26. The Kier molecular flexibility index (Phi) is 3.71. The first-order chi connectivity index (χ1) is 11.8. The number of H-pyrrole nitrogens is 1. The number of fused-ring (bicyclic) bond motifs is 3. The molecule has 0 amide bonds. The summed E-state index contributed by atoms with van der Waals surface area (Å²) in [5.74, 6) is 0.519. The predicted octanol–water partition coefficient (Wildman–Crippen LogP) is 0.225. The van der Waals surface area contributed by atoms with Gasteiger partial charge >= 0.3 is 0 Å². The summed E-state index contributed by atoms with van der Waals surface area (Å²) in [5, 5.41) is 13.1. The second kappa shape index (κ2) is 5.68. The Morgan fingerprint density at radius 2 is 2.28 bits per heavy atom. The number of sulfonamides is 1. The molecular weight excluding hydrogens is 344 g/mol. The number of aromatic nitrogens is 4. The van der Waals surface area contributed by atoms with Gasteiger partial charge in [-0.3, -0.25) is 0 Å². The lowest BCUT2D eigenvalue weighted by atomic mass is 10.3. The van der Waals surface area contributed by atoms with Crippen LogP contribution in [0.25, 0.3) is 22.1 Å².